The molecule has 0 bridgehead atoms. The van der Waals surface area contributed by atoms with Crippen LogP contribution >= 0.6 is 27.3 Å². The van der Waals surface area contributed by atoms with Crippen LogP contribution in [0.25, 0.3) is 10.8 Å². The molecule has 0 radical (unpaired) electrons. The van der Waals surface area contributed by atoms with Crippen molar-refractivity contribution in [3.8, 4) is 10.8 Å². The molecule has 1 N–H and O–H groups in total. The van der Waals surface area contributed by atoms with Gasteiger partial charge in [0.2, 0.25) is 5.89 Å². The van der Waals surface area contributed by atoms with Crippen LogP contribution in [0.2, 0.25) is 0 Å². The number of halogens is 1. The first kappa shape index (κ1) is 14.7. The van der Waals surface area contributed by atoms with E-state index >= 15 is 0 Å². The van der Waals surface area contributed by atoms with Crippen LogP contribution in [0.5, 0.6) is 0 Å². The second-order valence-corrected chi connectivity index (χ2v) is 7.51. The van der Waals surface area contributed by atoms with Crippen molar-refractivity contribution in [2.75, 3.05) is 6.54 Å². The number of carbonyl (C=O) groups is 1. The van der Waals surface area contributed by atoms with E-state index in [0.29, 0.717) is 24.7 Å². The van der Waals surface area contributed by atoms with Crippen LogP contribution in [-0.2, 0) is 11.3 Å². The molecule has 2 aromatic rings. The largest absolute Gasteiger partial charge is 0.481 e. The van der Waals surface area contributed by atoms with Crippen molar-refractivity contribution in [2.24, 2.45) is 5.92 Å². The number of hydrogen-bond acceptors (Lipinski definition) is 6. The summed E-state index contributed by atoms with van der Waals surface area (Å²) in [6, 6.07) is 3.84. The lowest BCUT2D eigenvalue weighted by atomic mass is 10.0. The Morgan fingerprint density at radius 1 is 1.57 bits per heavy atom. The zero-order valence-corrected chi connectivity index (χ0v) is 13.7. The molecule has 1 aliphatic rings. The van der Waals surface area contributed by atoms with Gasteiger partial charge in [0, 0.05) is 6.04 Å². The molecule has 6 nitrogen and oxygen atoms in total. The molecule has 21 heavy (non-hydrogen) atoms. The molecule has 112 valence electrons. The summed E-state index contributed by atoms with van der Waals surface area (Å²) in [5.41, 5.74) is 0. The summed E-state index contributed by atoms with van der Waals surface area (Å²) in [6.07, 6.45) is 0.662. The topological polar surface area (TPSA) is 79.5 Å². The normalized spacial score (nSPS) is 22.8. The van der Waals surface area contributed by atoms with Gasteiger partial charge >= 0.3 is 5.97 Å². The molecule has 1 aliphatic heterocycles. The lowest BCUT2D eigenvalue weighted by Gasteiger charge is -2.20. The Hall–Kier alpha value is -1.25. The van der Waals surface area contributed by atoms with Gasteiger partial charge in [-0.2, -0.15) is 0 Å². The van der Waals surface area contributed by atoms with Crippen LogP contribution in [0.4, 0.5) is 0 Å². The second-order valence-electron chi connectivity index (χ2n) is 5.05. The molecule has 0 aromatic carbocycles. The van der Waals surface area contributed by atoms with Gasteiger partial charge < -0.3 is 9.52 Å². The molecule has 1 fully saturated rings. The quantitative estimate of drug-likeness (QED) is 0.889. The number of aromatic nitrogens is 2. The zero-order chi connectivity index (χ0) is 15.0. The average molecular weight is 372 g/mol. The highest BCUT2D eigenvalue weighted by atomic mass is 79.9. The van der Waals surface area contributed by atoms with Gasteiger partial charge in [0.1, 0.15) is 0 Å². The molecule has 0 amide bonds. The Bertz CT molecular complexity index is 657. The Morgan fingerprint density at radius 3 is 3.00 bits per heavy atom. The third kappa shape index (κ3) is 3.02. The monoisotopic (exact) mass is 371 g/mol. The van der Waals surface area contributed by atoms with Gasteiger partial charge in [-0.15, -0.1) is 21.5 Å². The maximum atomic E-state index is 11.1. The van der Waals surface area contributed by atoms with Crippen LogP contribution in [0.15, 0.2) is 20.3 Å². The second kappa shape index (κ2) is 5.86. The Morgan fingerprint density at radius 2 is 2.38 bits per heavy atom. The van der Waals surface area contributed by atoms with Crippen LogP contribution in [0.1, 0.15) is 19.2 Å². The fourth-order valence-electron chi connectivity index (χ4n) is 2.58. The highest BCUT2D eigenvalue weighted by Gasteiger charge is 2.36. The lowest BCUT2D eigenvalue weighted by molar-refractivity contribution is -0.142. The number of likely N-dealkylation sites (tertiary alicyclic amines) is 1. The van der Waals surface area contributed by atoms with Crippen LogP contribution < -0.4 is 0 Å². The molecule has 2 unspecified atom stereocenters. The first-order chi connectivity index (χ1) is 10.0. The summed E-state index contributed by atoms with van der Waals surface area (Å²) in [7, 11) is 0. The molecule has 1 saturated heterocycles. The molecule has 2 atom stereocenters. The molecule has 2 aromatic heterocycles. The Kier molecular flexibility index (Phi) is 4.10. The fourth-order valence-corrected chi connectivity index (χ4v) is 3.88. The number of rotatable bonds is 4. The first-order valence-electron chi connectivity index (χ1n) is 6.59. The third-order valence-electron chi connectivity index (χ3n) is 3.79. The zero-order valence-electron chi connectivity index (χ0n) is 11.3. The minimum absolute atomic E-state index is 0.0197. The van der Waals surface area contributed by atoms with E-state index in [-0.39, 0.29) is 12.0 Å². The summed E-state index contributed by atoms with van der Waals surface area (Å²) in [6.45, 7) is 3.16. The predicted octanol–water partition coefficient (Wildman–Crippen LogP) is 2.86. The summed E-state index contributed by atoms with van der Waals surface area (Å²) in [4.78, 5) is 14.1. The van der Waals surface area contributed by atoms with Gasteiger partial charge in [0.05, 0.1) is 21.1 Å². The van der Waals surface area contributed by atoms with Crippen molar-refractivity contribution in [1.82, 2.24) is 15.1 Å². The van der Waals surface area contributed by atoms with Crippen LogP contribution in [0, 0.1) is 5.92 Å². The number of nitrogens with zero attached hydrogens (tertiary/aromatic N) is 3. The van der Waals surface area contributed by atoms with E-state index in [0.717, 1.165) is 15.2 Å². The minimum Gasteiger partial charge on any atom is -0.481 e. The van der Waals surface area contributed by atoms with Gasteiger partial charge in [-0.1, -0.05) is 0 Å². The molecular formula is C13H14BrN3O3S. The van der Waals surface area contributed by atoms with E-state index in [9.17, 15) is 4.79 Å². The smallest absolute Gasteiger partial charge is 0.308 e. The summed E-state index contributed by atoms with van der Waals surface area (Å²) >= 11 is 4.93. The van der Waals surface area contributed by atoms with Crippen molar-refractivity contribution >= 4 is 33.2 Å². The maximum absolute atomic E-state index is 11.1. The van der Waals surface area contributed by atoms with Crippen molar-refractivity contribution in [3.63, 3.8) is 0 Å². The molecule has 3 heterocycles. The van der Waals surface area contributed by atoms with Gasteiger partial charge in [-0.25, -0.2) is 0 Å². The molecule has 0 aliphatic carbocycles. The number of hydrogen-bond donors (Lipinski definition) is 1. The number of aliphatic carboxylic acids is 1. The molecule has 0 spiro atoms. The highest BCUT2D eigenvalue weighted by Crippen LogP contribution is 2.31. The standard InChI is InChI=1S/C13H14BrN3O3S/c1-7-8(13(18)19)4-5-17(7)6-11-15-16-12(20-11)9-2-3-10(14)21-9/h2-3,7-8H,4-6H2,1H3,(H,18,19). The van der Waals surface area contributed by atoms with Gasteiger partial charge in [-0.3, -0.25) is 9.69 Å². The Labute approximate surface area is 133 Å². The third-order valence-corrected chi connectivity index (χ3v) is 5.40. The Balaban J connectivity index is 1.69. The van der Waals surface area contributed by atoms with E-state index in [2.05, 4.69) is 31.0 Å². The van der Waals surface area contributed by atoms with E-state index in [1.165, 1.54) is 11.3 Å². The van der Waals surface area contributed by atoms with E-state index in [1.807, 2.05) is 19.1 Å². The van der Waals surface area contributed by atoms with Gasteiger partial charge in [0.25, 0.3) is 5.89 Å². The molecule has 0 saturated carbocycles. The van der Waals surface area contributed by atoms with Crippen molar-refractivity contribution in [2.45, 2.75) is 25.9 Å². The highest BCUT2D eigenvalue weighted by molar-refractivity contribution is 9.11. The summed E-state index contributed by atoms with van der Waals surface area (Å²) in [5, 5.41) is 17.2. The number of thiophene rings is 1. The fraction of sp³-hybridized carbons (Fsp3) is 0.462. The van der Waals surface area contributed by atoms with E-state index in [4.69, 9.17) is 9.52 Å². The van der Waals surface area contributed by atoms with E-state index in [1.54, 1.807) is 0 Å². The van der Waals surface area contributed by atoms with Crippen molar-refractivity contribution < 1.29 is 14.3 Å². The van der Waals surface area contributed by atoms with Crippen LogP contribution in [-0.4, -0.2) is 38.8 Å². The summed E-state index contributed by atoms with van der Waals surface area (Å²) in [5.74, 6) is -0.0324. The molecule has 8 heteroatoms. The SMILES string of the molecule is CC1C(C(=O)O)CCN1Cc1nnc(-c2ccc(Br)s2)o1. The predicted molar refractivity (Wildman–Crippen MR) is 80.9 cm³/mol. The van der Waals surface area contributed by atoms with Crippen molar-refractivity contribution in [3.05, 3.63) is 21.8 Å². The molecular weight excluding hydrogens is 358 g/mol. The lowest BCUT2D eigenvalue weighted by Crippen LogP contribution is -2.32. The number of carboxylic acids is 1. The summed E-state index contributed by atoms with van der Waals surface area (Å²) < 4.78 is 6.68. The molecule has 3 rings (SSSR count). The maximum Gasteiger partial charge on any atom is 0.308 e. The van der Waals surface area contributed by atoms with Gasteiger partial charge in [0.15, 0.2) is 0 Å². The number of carboxylic acid groups (broad SMARTS) is 1. The first-order valence-corrected chi connectivity index (χ1v) is 8.20. The minimum atomic E-state index is -0.736. The van der Waals surface area contributed by atoms with E-state index < -0.39 is 5.97 Å². The van der Waals surface area contributed by atoms with Crippen LogP contribution in [0.3, 0.4) is 0 Å². The van der Waals surface area contributed by atoms with Gasteiger partial charge in [-0.05, 0) is 48.0 Å². The van der Waals surface area contributed by atoms with Crippen molar-refractivity contribution in [1.29, 1.82) is 0 Å². The average Bonchev–Trinajstić information content (AvgIpc) is 3.12.